The van der Waals surface area contributed by atoms with Gasteiger partial charge in [0.05, 0.1) is 6.42 Å². The Balaban J connectivity index is 3.58. The van der Waals surface area contributed by atoms with Crippen LogP contribution in [0.2, 0.25) is 0 Å². The van der Waals surface area contributed by atoms with E-state index in [1.54, 1.807) is 79.7 Å². The van der Waals surface area contributed by atoms with E-state index in [-0.39, 0.29) is 6.04 Å². The Labute approximate surface area is 208 Å². The summed E-state index contributed by atoms with van der Waals surface area (Å²) in [6.45, 7) is 13.9. The van der Waals surface area contributed by atoms with Crippen LogP contribution in [0.5, 0.6) is 0 Å². The zero-order valence-corrected chi connectivity index (χ0v) is 21.9. The molecule has 4 amide bonds. The number of ether oxygens (including phenoxy) is 1. The summed E-state index contributed by atoms with van der Waals surface area (Å²) in [6.07, 6.45) is 4.11. The van der Waals surface area contributed by atoms with Gasteiger partial charge in [-0.1, -0.05) is 18.1 Å². The van der Waals surface area contributed by atoms with Gasteiger partial charge in [0.2, 0.25) is 17.7 Å². The number of alkyl carbamates (subject to hydrolysis) is 1. The van der Waals surface area contributed by atoms with Gasteiger partial charge in [-0.3, -0.25) is 14.4 Å². The molecule has 1 rings (SSSR count). The number of benzene rings is 1. The fourth-order valence-electron chi connectivity index (χ4n) is 3.41. The van der Waals surface area contributed by atoms with Crippen molar-refractivity contribution in [3.8, 4) is 12.3 Å². The molecule has 35 heavy (non-hydrogen) atoms. The van der Waals surface area contributed by atoms with Gasteiger partial charge >= 0.3 is 6.09 Å². The Bertz CT molecular complexity index is 965. The first-order valence-corrected chi connectivity index (χ1v) is 11.4. The van der Waals surface area contributed by atoms with Crippen molar-refractivity contribution in [1.82, 2.24) is 15.5 Å². The minimum absolute atomic E-state index is 0.201. The third-order valence-corrected chi connectivity index (χ3v) is 4.69. The molecule has 0 aliphatic carbocycles. The molecule has 0 aliphatic rings. The number of terminal acetylenes is 1. The highest BCUT2D eigenvalue weighted by Gasteiger charge is 2.42. The SMILES string of the molecule is C#Cc1ccc(C(C(=O)NC(C)C)N(C(=O)C(CC(N)=O)NC(=O)OC(C)(C)C)C(C)(C)C)cc1. The number of nitrogens with one attached hydrogen (secondary N) is 2. The first-order chi connectivity index (χ1) is 16.0. The van der Waals surface area contributed by atoms with Crippen molar-refractivity contribution in [3.63, 3.8) is 0 Å². The number of hydrogen-bond acceptors (Lipinski definition) is 5. The largest absolute Gasteiger partial charge is 0.444 e. The van der Waals surface area contributed by atoms with Crippen LogP contribution in [0.15, 0.2) is 24.3 Å². The van der Waals surface area contributed by atoms with Crippen LogP contribution in [-0.2, 0) is 19.1 Å². The average molecular weight is 487 g/mol. The normalized spacial score (nSPS) is 13.3. The Morgan fingerprint density at radius 2 is 1.57 bits per heavy atom. The second-order valence-electron chi connectivity index (χ2n) is 10.6. The fourth-order valence-corrected chi connectivity index (χ4v) is 3.41. The second-order valence-corrected chi connectivity index (χ2v) is 10.6. The van der Waals surface area contributed by atoms with Crippen LogP contribution in [0.25, 0.3) is 0 Å². The van der Waals surface area contributed by atoms with Crippen molar-refractivity contribution in [2.45, 2.75) is 91.1 Å². The molecule has 0 fully saturated rings. The van der Waals surface area contributed by atoms with Gasteiger partial charge < -0.3 is 26.0 Å². The van der Waals surface area contributed by atoms with Gasteiger partial charge in [0.1, 0.15) is 17.7 Å². The summed E-state index contributed by atoms with van der Waals surface area (Å²) in [5, 5.41) is 5.30. The molecule has 1 aromatic carbocycles. The zero-order valence-electron chi connectivity index (χ0n) is 21.9. The monoisotopic (exact) mass is 486 g/mol. The smallest absolute Gasteiger partial charge is 0.408 e. The first-order valence-electron chi connectivity index (χ1n) is 11.4. The lowest BCUT2D eigenvalue weighted by Crippen LogP contribution is -2.59. The number of carbonyl (C=O) groups excluding carboxylic acids is 4. The van der Waals surface area contributed by atoms with E-state index in [4.69, 9.17) is 16.9 Å². The van der Waals surface area contributed by atoms with Crippen molar-refractivity contribution in [2.24, 2.45) is 5.73 Å². The molecule has 2 unspecified atom stereocenters. The topological polar surface area (TPSA) is 131 Å². The summed E-state index contributed by atoms with van der Waals surface area (Å²) in [5.41, 5.74) is 4.79. The summed E-state index contributed by atoms with van der Waals surface area (Å²) in [5.74, 6) is 0.642. The minimum Gasteiger partial charge on any atom is -0.444 e. The molecule has 0 saturated heterocycles. The molecule has 0 aliphatic heterocycles. The van der Waals surface area contributed by atoms with E-state index < -0.39 is 53.5 Å². The first kappa shape index (κ1) is 29.5. The number of rotatable bonds is 8. The van der Waals surface area contributed by atoms with Gasteiger partial charge in [-0.2, -0.15) is 0 Å². The molecule has 192 valence electrons. The quantitative estimate of drug-likeness (QED) is 0.486. The Kier molecular flexibility index (Phi) is 9.89. The number of primary amides is 1. The van der Waals surface area contributed by atoms with Crippen molar-refractivity contribution in [1.29, 1.82) is 0 Å². The molecule has 1 aromatic rings. The number of nitrogens with zero attached hydrogens (tertiary/aromatic N) is 1. The highest BCUT2D eigenvalue weighted by Crippen LogP contribution is 2.30. The second kappa shape index (κ2) is 11.7. The summed E-state index contributed by atoms with van der Waals surface area (Å²) >= 11 is 0. The minimum atomic E-state index is -1.35. The van der Waals surface area contributed by atoms with Crippen LogP contribution in [-0.4, -0.2) is 51.9 Å². The molecule has 4 N–H and O–H groups in total. The molecule has 9 heteroatoms. The van der Waals surface area contributed by atoms with Crippen LogP contribution in [0.1, 0.15) is 79.0 Å². The maximum atomic E-state index is 13.9. The van der Waals surface area contributed by atoms with Crippen LogP contribution >= 0.6 is 0 Å². The molecule has 0 heterocycles. The predicted molar refractivity (Wildman–Crippen MR) is 134 cm³/mol. The molecule has 0 saturated carbocycles. The summed E-state index contributed by atoms with van der Waals surface area (Å²) < 4.78 is 5.27. The van der Waals surface area contributed by atoms with E-state index in [1.807, 2.05) is 0 Å². The van der Waals surface area contributed by atoms with Gasteiger partial charge in [0, 0.05) is 17.1 Å². The maximum absolute atomic E-state index is 13.9. The van der Waals surface area contributed by atoms with Gasteiger partial charge in [0.25, 0.3) is 0 Å². The molecule has 2 atom stereocenters. The Morgan fingerprint density at radius 3 is 1.97 bits per heavy atom. The maximum Gasteiger partial charge on any atom is 0.408 e. The van der Waals surface area contributed by atoms with Gasteiger partial charge in [-0.25, -0.2) is 4.79 Å². The lowest BCUT2D eigenvalue weighted by atomic mass is 9.94. The Morgan fingerprint density at radius 1 is 1.03 bits per heavy atom. The molecular formula is C26H38N4O5. The molecule has 9 nitrogen and oxygen atoms in total. The van der Waals surface area contributed by atoms with Gasteiger partial charge in [0.15, 0.2) is 0 Å². The summed E-state index contributed by atoms with van der Waals surface area (Å²) in [7, 11) is 0. The zero-order chi connectivity index (χ0) is 27.1. The van der Waals surface area contributed by atoms with E-state index in [0.717, 1.165) is 0 Å². The number of carbonyl (C=O) groups is 4. The predicted octanol–water partition coefficient (Wildman–Crippen LogP) is 2.63. The average Bonchev–Trinajstić information content (AvgIpc) is 2.67. The third kappa shape index (κ3) is 9.32. The van der Waals surface area contributed by atoms with Crippen LogP contribution in [0.3, 0.4) is 0 Å². The fraction of sp³-hybridized carbons (Fsp3) is 0.538. The van der Waals surface area contributed by atoms with E-state index in [1.165, 1.54) is 4.90 Å². The number of nitrogens with two attached hydrogens (primary N) is 1. The molecular weight excluding hydrogens is 448 g/mol. The van der Waals surface area contributed by atoms with E-state index in [2.05, 4.69) is 16.6 Å². The standard InChI is InChI=1S/C26H38N4O5/c1-10-17-11-13-18(14-12-17)21(22(32)28-16(2)3)30(25(4,5)6)23(33)19(15-20(27)31)29-24(34)35-26(7,8)9/h1,11-14,16,19,21H,15H2,2-9H3,(H2,27,31)(H,28,32)(H,29,34). The summed E-state index contributed by atoms with van der Waals surface area (Å²) in [4.78, 5) is 52.9. The van der Waals surface area contributed by atoms with Gasteiger partial charge in [-0.15, -0.1) is 6.42 Å². The van der Waals surface area contributed by atoms with E-state index in [0.29, 0.717) is 11.1 Å². The molecule has 0 bridgehead atoms. The lowest BCUT2D eigenvalue weighted by molar-refractivity contribution is -0.149. The molecule has 0 aromatic heterocycles. The lowest BCUT2D eigenvalue weighted by Gasteiger charge is -2.43. The van der Waals surface area contributed by atoms with Crippen LogP contribution in [0, 0.1) is 12.3 Å². The van der Waals surface area contributed by atoms with Gasteiger partial charge in [-0.05, 0) is 73.1 Å². The molecule has 0 spiro atoms. The van der Waals surface area contributed by atoms with E-state index in [9.17, 15) is 19.2 Å². The van der Waals surface area contributed by atoms with Crippen molar-refractivity contribution in [3.05, 3.63) is 35.4 Å². The van der Waals surface area contributed by atoms with Crippen LogP contribution in [0.4, 0.5) is 4.79 Å². The van der Waals surface area contributed by atoms with Crippen molar-refractivity contribution in [2.75, 3.05) is 0 Å². The van der Waals surface area contributed by atoms with Crippen LogP contribution < -0.4 is 16.4 Å². The Hall–Kier alpha value is -3.54. The molecule has 0 radical (unpaired) electrons. The van der Waals surface area contributed by atoms with Crippen molar-refractivity contribution < 1.29 is 23.9 Å². The number of amides is 4. The highest BCUT2D eigenvalue weighted by atomic mass is 16.6. The summed E-state index contributed by atoms with van der Waals surface area (Å²) in [6, 6.07) is 4.08. The highest BCUT2D eigenvalue weighted by molar-refractivity contribution is 5.95. The third-order valence-electron chi connectivity index (χ3n) is 4.69. The number of hydrogen-bond donors (Lipinski definition) is 3. The van der Waals surface area contributed by atoms with E-state index >= 15 is 0 Å². The van der Waals surface area contributed by atoms with Crippen molar-refractivity contribution >= 4 is 23.8 Å².